The van der Waals surface area contributed by atoms with Crippen LogP contribution in [0.1, 0.15) is 44.1 Å². The molecule has 7 heteroatoms. The number of benzene rings is 1. The molecule has 2 aromatic rings. The van der Waals surface area contributed by atoms with Gasteiger partial charge in [0.2, 0.25) is 5.91 Å². The number of hydrogen-bond donors (Lipinski definition) is 1. The number of carbonyl (C=O) groups excluding carboxylic acids is 1. The molecule has 1 saturated carbocycles. The zero-order valence-corrected chi connectivity index (χ0v) is 16.2. The SMILES string of the molecule is O=C(NC1CCN(c2cnsn2)CC1)C1(c2ccc(Cl)cc2)CCCC1. The molecule has 1 aromatic carbocycles. The van der Waals surface area contributed by atoms with Gasteiger partial charge in [-0.15, -0.1) is 0 Å². The standard InChI is InChI=1S/C19H23ClN4OS/c20-15-5-3-14(4-6-15)19(9-1-2-10-19)18(25)22-16-7-11-24(12-8-16)17-13-21-26-23-17/h3-6,13,16H,1-2,7-12H2,(H,22,25). The highest BCUT2D eigenvalue weighted by Crippen LogP contribution is 2.42. The number of aromatic nitrogens is 2. The zero-order chi connectivity index (χ0) is 18.0. The minimum atomic E-state index is -0.388. The Bertz CT molecular complexity index is 735. The van der Waals surface area contributed by atoms with E-state index in [9.17, 15) is 4.79 Å². The van der Waals surface area contributed by atoms with Crippen LogP contribution in [0.25, 0.3) is 0 Å². The predicted octanol–water partition coefficient (Wildman–Crippen LogP) is 3.79. The Hall–Kier alpha value is -1.66. The predicted molar refractivity (Wildman–Crippen MR) is 105 cm³/mol. The van der Waals surface area contributed by atoms with E-state index in [0.29, 0.717) is 5.02 Å². The van der Waals surface area contributed by atoms with Crippen molar-refractivity contribution in [3.8, 4) is 0 Å². The van der Waals surface area contributed by atoms with E-state index in [1.807, 2.05) is 30.5 Å². The van der Waals surface area contributed by atoms with E-state index in [1.54, 1.807) is 0 Å². The highest BCUT2D eigenvalue weighted by Gasteiger charge is 2.43. The lowest BCUT2D eigenvalue weighted by atomic mass is 9.77. The maximum absolute atomic E-state index is 13.3. The zero-order valence-electron chi connectivity index (χ0n) is 14.7. The first-order valence-electron chi connectivity index (χ1n) is 9.27. The van der Waals surface area contributed by atoms with Crippen LogP contribution in [-0.2, 0) is 10.2 Å². The van der Waals surface area contributed by atoms with Gasteiger partial charge in [-0.3, -0.25) is 4.79 Å². The molecule has 26 heavy (non-hydrogen) atoms. The van der Waals surface area contributed by atoms with Crippen LogP contribution in [0, 0.1) is 0 Å². The molecule has 0 spiro atoms. The lowest BCUT2D eigenvalue weighted by Gasteiger charge is -2.35. The number of rotatable bonds is 4. The minimum absolute atomic E-state index is 0.186. The van der Waals surface area contributed by atoms with Gasteiger partial charge in [0.25, 0.3) is 0 Å². The number of nitrogens with zero attached hydrogens (tertiary/aromatic N) is 3. The van der Waals surface area contributed by atoms with Gasteiger partial charge in [-0.2, -0.15) is 8.75 Å². The molecule has 1 saturated heterocycles. The molecule has 4 rings (SSSR count). The van der Waals surface area contributed by atoms with Crippen LogP contribution in [-0.4, -0.2) is 33.8 Å². The van der Waals surface area contributed by atoms with Gasteiger partial charge in [0.05, 0.1) is 23.3 Å². The van der Waals surface area contributed by atoms with Gasteiger partial charge >= 0.3 is 0 Å². The second-order valence-electron chi connectivity index (χ2n) is 7.30. The normalized spacial score (nSPS) is 20.3. The second-order valence-corrected chi connectivity index (χ2v) is 8.29. The molecule has 2 fully saturated rings. The van der Waals surface area contributed by atoms with Crippen molar-refractivity contribution >= 4 is 35.1 Å². The summed E-state index contributed by atoms with van der Waals surface area (Å²) in [5.74, 6) is 1.14. The number of anilines is 1. The first-order valence-corrected chi connectivity index (χ1v) is 10.4. The van der Waals surface area contributed by atoms with Gasteiger partial charge in [0.1, 0.15) is 0 Å². The highest BCUT2D eigenvalue weighted by atomic mass is 35.5. The molecular formula is C19H23ClN4OS. The quantitative estimate of drug-likeness (QED) is 0.862. The Morgan fingerprint density at radius 1 is 1.19 bits per heavy atom. The number of nitrogens with one attached hydrogen (secondary N) is 1. The molecule has 0 unspecified atom stereocenters. The van der Waals surface area contributed by atoms with Crippen LogP contribution in [0.15, 0.2) is 30.5 Å². The van der Waals surface area contributed by atoms with Crippen molar-refractivity contribution in [2.45, 2.75) is 50.0 Å². The summed E-state index contributed by atoms with van der Waals surface area (Å²) in [6.07, 6.45) is 7.75. The van der Waals surface area contributed by atoms with Gasteiger partial charge in [-0.05, 0) is 43.4 Å². The molecule has 138 valence electrons. The van der Waals surface area contributed by atoms with Gasteiger partial charge < -0.3 is 10.2 Å². The van der Waals surface area contributed by atoms with Crippen LogP contribution in [0.2, 0.25) is 5.02 Å². The van der Waals surface area contributed by atoms with E-state index in [4.69, 9.17) is 11.6 Å². The van der Waals surface area contributed by atoms with Gasteiger partial charge in [-0.1, -0.05) is 36.6 Å². The number of hydrogen-bond acceptors (Lipinski definition) is 5. The smallest absolute Gasteiger partial charge is 0.230 e. The maximum Gasteiger partial charge on any atom is 0.230 e. The fourth-order valence-electron chi connectivity index (χ4n) is 4.27. The summed E-state index contributed by atoms with van der Waals surface area (Å²) in [7, 11) is 0. The summed E-state index contributed by atoms with van der Waals surface area (Å²) >= 11 is 7.28. The van der Waals surface area contributed by atoms with Crippen molar-refractivity contribution in [2.75, 3.05) is 18.0 Å². The summed E-state index contributed by atoms with van der Waals surface area (Å²) in [6, 6.07) is 8.06. The van der Waals surface area contributed by atoms with Gasteiger partial charge in [-0.25, -0.2) is 0 Å². The molecule has 0 bridgehead atoms. The van der Waals surface area contributed by atoms with Crippen LogP contribution in [0.3, 0.4) is 0 Å². The third kappa shape index (κ3) is 3.45. The summed E-state index contributed by atoms with van der Waals surface area (Å²) in [5.41, 5.74) is 0.712. The largest absolute Gasteiger partial charge is 0.354 e. The molecule has 0 radical (unpaired) electrons. The summed E-state index contributed by atoms with van der Waals surface area (Å²) in [4.78, 5) is 15.5. The van der Waals surface area contributed by atoms with E-state index < -0.39 is 0 Å². The molecule has 0 atom stereocenters. The molecule has 2 aliphatic rings. The first kappa shape index (κ1) is 17.7. The average Bonchev–Trinajstić information content (AvgIpc) is 3.36. The molecular weight excluding hydrogens is 368 g/mol. The number of carbonyl (C=O) groups is 1. The Balaban J connectivity index is 1.42. The van der Waals surface area contributed by atoms with Crippen LogP contribution in [0.4, 0.5) is 5.82 Å². The van der Waals surface area contributed by atoms with E-state index >= 15 is 0 Å². The fourth-order valence-corrected chi connectivity index (χ4v) is 4.83. The van der Waals surface area contributed by atoms with Crippen molar-refractivity contribution in [1.29, 1.82) is 0 Å². The van der Waals surface area contributed by atoms with Crippen molar-refractivity contribution in [3.05, 3.63) is 41.0 Å². The fraction of sp³-hybridized carbons (Fsp3) is 0.526. The van der Waals surface area contributed by atoms with Crippen LogP contribution >= 0.6 is 23.3 Å². The third-order valence-corrected chi connectivity index (χ3v) is 6.51. The number of amides is 1. The minimum Gasteiger partial charge on any atom is -0.354 e. The Labute approximate surface area is 163 Å². The Morgan fingerprint density at radius 3 is 2.50 bits per heavy atom. The summed E-state index contributed by atoms with van der Waals surface area (Å²) < 4.78 is 8.38. The Morgan fingerprint density at radius 2 is 1.88 bits per heavy atom. The molecule has 5 nitrogen and oxygen atoms in total. The number of halogens is 1. The van der Waals surface area contributed by atoms with Crippen LogP contribution < -0.4 is 10.2 Å². The van der Waals surface area contributed by atoms with E-state index in [1.165, 1.54) is 11.7 Å². The van der Waals surface area contributed by atoms with Crippen molar-refractivity contribution in [2.24, 2.45) is 0 Å². The second kappa shape index (κ2) is 7.53. The average molecular weight is 391 g/mol. The van der Waals surface area contributed by atoms with Crippen molar-refractivity contribution < 1.29 is 4.79 Å². The molecule has 1 N–H and O–H groups in total. The molecule has 1 aliphatic heterocycles. The Kier molecular flexibility index (Phi) is 5.14. The molecule has 1 aromatic heterocycles. The summed E-state index contributed by atoms with van der Waals surface area (Å²) in [5, 5.41) is 4.06. The monoisotopic (exact) mass is 390 g/mol. The summed E-state index contributed by atoms with van der Waals surface area (Å²) in [6.45, 7) is 1.81. The molecule has 2 heterocycles. The number of piperidine rings is 1. The lowest BCUT2D eigenvalue weighted by Crippen LogP contribution is -2.50. The van der Waals surface area contributed by atoms with Crippen LogP contribution in [0.5, 0.6) is 0 Å². The third-order valence-electron chi connectivity index (χ3n) is 5.79. The van der Waals surface area contributed by atoms with E-state index in [-0.39, 0.29) is 17.4 Å². The molecule has 1 amide bonds. The van der Waals surface area contributed by atoms with Gasteiger partial charge in [0, 0.05) is 24.2 Å². The van der Waals surface area contributed by atoms with E-state index in [0.717, 1.165) is 63.0 Å². The maximum atomic E-state index is 13.3. The molecule has 1 aliphatic carbocycles. The van der Waals surface area contributed by atoms with Gasteiger partial charge in [0.15, 0.2) is 5.82 Å². The topological polar surface area (TPSA) is 58.1 Å². The van der Waals surface area contributed by atoms with Crippen molar-refractivity contribution in [3.63, 3.8) is 0 Å². The lowest BCUT2D eigenvalue weighted by molar-refractivity contribution is -0.127. The first-order chi connectivity index (χ1) is 12.7. The highest BCUT2D eigenvalue weighted by molar-refractivity contribution is 6.99. The van der Waals surface area contributed by atoms with Crippen molar-refractivity contribution in [1.82, 2.24) is 14.1 Å². The van der Waals surface area contributed by atoms with E-state index in [2.05, 4.69) is 19.0 Å².